The van der Waals surface area contributed by atoms with E-state index >= 15 is 0 Å². The Morgan fingerprint density at radius 3 is 2.27 bits per heavy atom. The summed E-state index contributed by atoms with van der Waals surface area (Å²) in [6.45, 7) is 0. The molecule has 7 heteroatoms. The van der Waals surface area contributed by atoms with Crippen molar-refractivity contribution in [1.82, 2.24) is 0 Å². The molecule has 2 N–H and O–H groups in total. The highest BCUT2D eigenvalue weighted by atomic mass is 16.4. The molecule has 2 aromatic carbocycles. The molecule has 3 aliphatic rings. The number of anilines is 2. The predicted molar refractivity (Wildman–Crippen MR) is 108 cm³/mol. The predicted octanol–water partition coefficient (Wildman–Crippen LogP) is 3.17. The van der Waals surface area contributed by atoms with Crippen LogP contribution in [0.3, 0.4) is 0 Å². The number of carboxylic acid groups (broad SMARTS) is 1. The summed E-state index contributed by atoms with van der Waals surface area (Å²) >= 11 is 0. The quantitative estimate of drug-likeness (QED) is 0.762. The van der Waals surface area contributed by atoms with E-state index in [9.17, 15) is 24.3 Å². The van der Waals surface area contributed by atoms with Gasteiger partial charge in [-0.1, -0.05) is 18.2 Å². The summed E-state index contributed by atoms with van der Waals surface area (Å²) in [6.07, 6.45) is 2.97. The van der Waals surface area contributed by atoms with Gasteiger partial charge in [0.25, 0.3) is 5.91 Å². The number of benzene rings is 2. The molecule has 5 rings (SSSR count). The lowest BCUT2D eigenvalue weighted by Crippen LogP contribution is -2.33. The van der Waals surface area contributed by atoms with Gasteiger partial charge >= 0.3 is 5.97 Å². The molecule has 3 fully saturated rings. The molecule has 0 radical (unpaired) electrons. The van der Waals surface area contributed by atoms with Crippen molar-refractivity contribution in [3.05, 3.63) is 59.7 Å². The second kappa shape index (κ2) is 6.79. The second-order valence-corrected chi connectivity index (χ2v) is 8.25. The van der Waals surface area contributed by atoms with Crippen LogP contribution < -0.4 is 10.2 Å². The van der Waals surface area contributed by atoms with E-state index in [1.807, 2.05) is 0 Å². The first-order valence-electron chi connectivity index (χ1n) is 10.1. The topological polar surface area (TPSA) is 104 Å². The minimum absolute atomic E-state index is 0.0183. The molecule has 3 amide bonds. The Labute approximate surface area is 172 Å². The highest BCUT2D eigenvalue weighted by molar-refractivity contribution is 6.23. The van der Waals surface area contributed by atoms with E-state index in [0.29, 0.717) is 17.5 Å². The number of para-hydroxylation sites is 1. The molecule has 1 heterocycles. The first-order chi connectivity index (χ1) is 14.5. The second-order valence-electron chi connectivity index (χ2n) is 8.25. The van der Waals surface area contributed by atoms with Gasteiger partial charge in [-0.05, 0) is 61.4 Å². The molecule has 4 atom stereocenters. The van der Waals surface area contributed by atoms with Crippen LogP contribution in [0.5, 0.6) is 0 Å². The maximum atomic E-state index is 13.0. The monoisotopic (exact) mass is 404 g/mol. The zero-order valence-corrected chi connectivity index (χ0v) is 16.1. The largest absolute Gasteiger partial charge is 0.478 e. The first-order valence-corrected chi connectivity index (χ1v) is 10.1. The van der Waals surface area contributed by atoms with Gasteiger partial charge < -0.3 is 10.4 Å². The Morgan fingerprint density at radius 2 is 1.60 bits per heavy atom. The summed E-state index contributed by atoms with van der Waals surface area (Å²) in [4.78, 5) is 51.4. The molecule has 1 aliphatic heterocycles. The Hall–Kier alpha value is -3.48. The van der Waals surface area contributed by atoms with Gasteiger partial charge in [0.05, 0.1) is 28.8 Å². The third-order valence-corrected chi connectivity index (χ3v) is 6.70. The third-order valence-electron chi connectivity index (χ3n) is 6.70. The molecule has 7 nitrogen and oxygen atoms in total. The summed E-state index contributed by atoms with van der Waals surface area (Å²) in [5.41, 5.74) is 0.793. The number of fused-ring (bicyclic) bond motifs is 5. The number of rotatable bonds is 4. The molecule has 2 aromatic rings. The van der Waals surface area contributed by atoms with Gasteiger partial charge in [-0.3, -0.25) is 19.3 Å². The number of hydrogen-bond donors (Lipinski definition) is 2. The van der Waals surface area contributed by atoms with Gasteiger partial charge in [0, 0.05) is 5.56 Å². The van der Waals surface area contributed by atoms with Gasteiger partial charge in [0.2, 0.25) is 11.8 Å². The van der Waals surface area contributed by atoms with E-state index < -0.39 is 11.9 Å². The Bertz CT molecular complexity index is 1070. The van der Waals surface area contributed by atoms with Crippen molar-refractivity contribution in [2.75, 3.05) is 10.2 Å². The number of aromatic carboxylic acids is 1. The molecule has 2 saturated carbocycles. The van der Waals surface area contributed by atoms with Crippen molar-refractivity contribution in [1.29, 1.82) is 0 Å². The minimum atomic E-state index is -1.14. The van der Waals surface area contributed by atoms with Crippen LogP contribution in [0.15, 0.2) is 48.5 Å². The summed E-state index contributed by atoms with van der Waals surface area (Å²) in [6, 6.07) is 12.5. The SMILES string of the molecule is O=C(Nc1ccccc1C(=O)O)c1cccc(N2C(=O)[C@@H]3[C@H]4CC[C@@H](C4)[C@H]3C2=O)c1. The average Bonchev–Trinajstić information content (AvgIpc) is 3.42. The zero-order valence-electron chi connectivity index (χ0n) is 16.1. The fourth-order valence-corrected chi connectivity index (χ4v) is 5.42. The number of imide groups is 1. The Morgan fingerprint density at radius 1 is 0.933 bits per heavy atom. The lowest BCUT2D eigenvalue weighted by Gasteiger charge is -2.19. The van der Waals surface area contributed by atoms with Gasteiger partial charge in [0.15, 0.2) is 0 Å². The van der Waals surface area contributed by atoms with Crippen molar-refractivity contribution in [2.45, 2.75) is 19.3 Å². The van der Waals surface area contributed by atoms with Crippen molar-refractivity contribution in [2.24, 2.45) is 23.7 Å². The van der Waals surface area contributed by atoms with E-state index in [1.165, 1.54) is 23.1 Å². The van der Waals surface area contributed by atoms with Crippen LogP contribution in [-0.2, 0) is 9.59 Å². The molecule has 1 saturated heterocycles. The molecule has 0 unspecified atom stereocenters. The Kier molecular flexibility index (Phi) is 4.20. The van der Waals surface area contributed by atoms with E-state index in [0.717, 1.165) is 19.3 Å². The number of nitrogens with zero attached hydrogens (tertiary/aromatic N) is 1. The van der Waals surface area contributed by atoms with Crippen molar-refractivity contribution >= 4 is 35.1 Å². The maximum absolute atomic E-state index is 13.0. The molecule has 0 aromatic heterocycles. The maximum Gasteiger partial charge on any atom is 0.337 e. The van der Waals surface area contributed by atoms with Gasteiger partial charge in [0.1, 0.15) is 0 Å². The number of carbonyl (C=O) groups excluding carboxylic acids is 3. The lowest BCUT2D eigenvalue weighted by atomic mass is 9.81. The number of carboxylic acids is 1. The van der Waals surface area contributed by atoms with Crippen molar-refractivity contribution in [3.8, 4) is 0 Å². The lowest BCUT2D eigenvalue weighted by molar-refractivity contribution is -0.123. The zero-order chi connectivity index (χ0) is 21.0. The van der Waals surface area contributed by atoms with Gasteiger partial charge in [-0.15, -0.1) is 0 Å². The van der Waals surface area contributed by atoms with E-state index in [-0.39, 0.29) is 40.5 Å². The summed E-state index contributed by atoms with van der Waals surface area (Å²) in [5, 5.41) is 11.9. The number of amides is 3. The van der Waals surface area contributed by atoms with E-state index in [2.05, 4.69) is 5.32 Å². The van der Waals surface area contributed by atoms with Gasteiger partial charge in [-0.2, -0.15) is 0 Å². The fourth-order valence-electron chi connectivity index (χ4n) is 5.42. The molecule has 2 aliphatic carbocycles. The van der Waals surface area contributed by atoms with E-state index in [1.54, 1.807) is 30.3 Å². The Balaban J connectivity index is 1.41. The van der Waals surface area contributed by atoms with Gasteiger partial charge in [-0.25, -0.2) is 4.79 Å². The number of nitrogens with one attached hydrogen (secondary N) is 1. The number of hydrogen-bond acceptors (Lipinski definition) is 4. The van der Waals surface area contributed by atoms with Crippen LogP contribution in [0.4, 0.5) is 11.4 Å². The molecule has 30 heavy (non-hydrogen) atoms. The third kappa shape index (κ3) is 2.73. The fraction of sp³-hybridized carbons (Fsp3) is 0.304. The van der Waals surface area contributed by atoms with Crippen molar-refractivity contribution < 1.29 is 24.3 Å². The van der Waals surface area contributed by atoms with Crippen LogP contribution in [0, 0.1) is 23.7 Å². The molecule has 152 valence electrons. The summed E-state index contributed by atoms with van der Waals surface area (Å²) in [5.74, 6) is -1.84. The van der Waals surface area contributed by atoms with Crippen molar-refractivity contribution in [3.63, 3.8) is 0 Å². The van der Waals surface area contributed by atoms with E-state index in [4.69, 9.17) is 0 Å². The van der Waals surface area contributed by atoms with Crippen LogP contribution in [-0.4, -0.2) is 28.8 Å². The first kappa shape index (κ1) is 18.5. The summed E-state index contributed by atoms with van der Waals surface area (Å²) < 4.78 is 0. The molecular weight excluding hydrogens is 384 g/mol. The highest BCUT2D eigenvalue weighted by Gasteiger charge is 2.61. The molecule has 2 bridgehead atoms. The minimum Gasteiger partial charge on any atom is -0.478 e. The highest BCUT2D eigenvalue weighted by Crippen LogP contribution is 2.56. The molecular formula is C23H20N2O5. The smallest absolute Gasteiger partial charge is 0.337 e. The summed E-state index contributed by atoms with van der Waals surface area (Å²) in [7, 11) is 0. The number of carbonyl (C=O) groups is 4. The standard InChI is InChI=1S/C23H20N2O5/c26-20(24-17-7-2-1-6-16(17)23(29)30)14-4-3-5-15(11-14)25-21(27)18-12-8-9-13(10-12)19(18)22(25)28/h1-7,11-13,18-19H,8-10H2,(H,24,26)(H,29,30)/t12-,13-,18+,19+/m0/s1. The molecule has 0 spiro atoms. The average molecular weight is 404 g/mol. The van der Waals surface area contributed by atoms with Crippen LogP contribution in [0.1, 0.15) is 40.0 Å². The van der Waals surface area contributed by atoms with Crippen LogP contribution in [0.2, 0.25) is 0 Å². The normalized spacial score (nSPS) is 26.7. The van der Waals surface area contributed by atoms with Crippen LogP contribution >= 0.6 is 0 Å². The van der Waals surface area contributed by atoms with Crippen LogP contribution in [0.25, 0.3) is 0 Å².